The normalized spacial score (nSPS) is 23.0. The molecule has 0 aliphatic carbocycles. The van der Waals surface area contributed by atoms with Gasteiger partial charge in [0.25, 0.3) is 0 Å². The highest BCUT2D eigenvalue weighted by Crippen LogP contribution is 2.43. The molecule has 2 saturated heterocycles. The first-order valence-electron chi connectivity index (χ1n) is 12.4. The molecule has 29 heavy (non-hydrogen) atoms. The monoisotopic (exact) mass is 407 g/mol. The van der Waals surface area contributed by atoms with Crippen LogP contribution in [0.3, 0.4) is 0 Å². The lowest BCUT2D eigenvalue weighted by Gasteiger charge is -2.54. The highest BCUT2D eigenvalue weighted by atomic mass is 16.2. The lowest BCUT2D eigenvalue weighted by atomic mass is 9.70. The number of amides is 1. The number of unbranched alkanes of at least 4 members (excludes halogenated alkanes) is 9. The molecular formula is C25H49N3O. The van der Waals surface area contributed by atoms with E-state index in [1.54, 1.807) is 6.92 Å². The molecule has 4 nitrogen and oxygen atoms in total. The van der Waals surface area contributed by atoms with Gasteiger partial charge in [0, 0.05) is 24.5 Å². The standard InChI is InChI=1S/C25H49N3O/c1-7-8-9-10-11-12-13-14-15-16-17-27-20-25(28(21-27)22(2)29)18-23(3,4)26-24(5,6)19-25/h26H,7-21H2,1-6H3. The molecule has 0 unspecified atom stereocenters. The second-order valence-electron chi connectivity index (χ2n) is 11.3. The Morgan fingerprint density at radius 2 is 1.31 bits per heavy atom. The van der Waals surface area contributed by atoms with Crippen molar-refractivity contribution in [3.8, 4) is 0 Å². The maximum Gasteiger partial charge on any atom is 0.220 e. The summed E-state index contributed by atoms with van der Waals surface area (Å²) in [6.07, 6.45) is 15.8. The minimum atomic E-state index is -0.0113. The zero-order chi connectivity index (χ0) is 21.5. The Labute approximate surface area is 181 Å². The highest BCUT2D eigenvalue weighted by molar-refractivity contribution is 5.74. The lowest BCUT2D eigenvalue weighted by molar-refractivity contribution is -0.135. The van der Waals surface area contributed by atoms with E-state index in [1.807, 2.05) is 0 Å². The maximum absolute atomic E-state index is 12.5. The van der Waals surface area contributed by atoms with Crippen molar-refractivity contribution in [1.29, 1.82) is 0 Å². The molecule has 2 aliphatic heterocycles. The maximum atomic E-state index is 12.5. The number of nitrogens with one attached hydrogen (secondary N) is 1. The molecule has 4 heteroatoms. The number of rotatable bonds is 11. The zero-order valence-corrected chi connectivity index (χ0v) is 20.4. The lowest BCUT2D eigenvalue weighted by Crippen LogP contribution is -2.68. The minimum absolute atomic E-state index is 0.0113. The minimum Gasteiger partial charge on any atom is -0.323 e. The molecule has 0 bridgehead atoms. The Morgan fingerprint density at radius 3 is 1.79 bits per heavy atom. The summed E-state index contributed by atoms with van der Waals surface area (Å²) in [7, 11) is 0. The van der Waals surface area contributed by atoms with E-state index in [4.69, 9.17) is 0 Å². The molecule has 0 aromatic carbocycles. The van der Waals surface area contributed by atoms with Crippen LogP contribution in [0.4, 0.5) is 0 Å². The molecule has 1 spiro atoms. The van der Waals surface area contributed by atoms with Crippen molar-refractivity contribution in [1.82, 2.24) is 15.1 Å². The molecule has 0 aromatic heterocycles. The van der Waals surface area contributed by atoms with Crippen LogP contribution >= 0.6 is 0 Å². The van der Waals surface area contributed by atoms with Crippen molar-refractivity contribution in [3.05, 3.63) is 0 Å². The molecule has 1 amide bonds. The molecule has 2 rings (SSSR count). The molecular weight excluding hydrogens is 358 g/mol. The van der Waals surface area contributed by atoms with Crippen molar-refractivity contribution < 1.29 is 4.79 Å². The zero-order valence-electron chi connectivity index (χ0n) is 20.4. The smallest absolute Gasteiger partial charge is 0.220 e. The van der Waals surface area contributed by atoms with Gasteiger partial charge in [-0.05, 0) is 53.5 Å². The second kappa shape index (κ2) is 10.6. The third-order valence-electron chi connectivity index (χ3n) is 6.86. The SMILES string of the molecule is CCCCCCCCCCCCN1CN(C(C)=O)C2(C1)CC(C)(C)NC(C)(C)C2. The van der Waals surface area contributed by atoms with Gasteiger partial charge < -0.3 is 10.2 Å². The number of piperidine rings is 1. The summed E-state index contributed by atoms with van der Waals surface area (Å²) in [6, 6.07) is 0. The molecule has 0 saturated carbocycles. The summed E-state index contributed by atoms with van der Waals surface area (Å²) >= 11 is 0. The fourth-order valence-corrected chi connectivity index (χ4v) is 6.32. The third-order valence-corrected chi connectivity index (χ3v) is 6.86. The number of hydrogen-bond acceptors (Lipinski definition) is 3. The first-order chi connectivity index (χ1) is 13.6. The molecule has 0 aromatic rings. The van der Waals surface area contributed by atoms with Gasteiger partial charge in [0.05, 0.1) is 12.2 Å². The first-order valence-corrected chi connectivity index (χ1v) is 12.4. The van der Waals surface area contributed by atoms with Gasteiger partial charge in [-0.1, -0.05) is 64.7 Å². The van der Waals surface area contributed by atoms with E-state index in [-0.39, 0.29) is 22.5 Å². The van der Waals surface area contributed by atoms with E-state index in [2.05, 4.69) is 49.7 Å². The Balaban J connectivity index is 1.76. The summed E-state index contributed by atoms with van der Waals surface area (Å²) < 4.78 is 0. The van der Waals surface area contributed by atoms with Gasteiger partial charge in [-0.25, -0.2) is 0 Å². The molecule has 2 heterocycles. The van der Waals surface area contributed by atoms with E-state index in [0.717, 1.165) is 32.6 Å². The first kappa shape index (κ1) is 24.7. The van der Waals surface area contributed by atoms with Crippen molar-refractivity contribution >= 4 is 5.91 Å². The van der Waals surface area contributed by atoms with Crippen LogP contribution in [0.2, 0.25) is 0 Å². The summed E-state index contributed by atoms with van der Waals surface area (Å²) in [6.45, 7) is 16.2. The van der Waals surface area contributed by atoms with Crippen LogP contribution in [0.5, 0.6) is 0 Å². The highest BCUT2D eigenvalue weighted by Gasteiger charge is 2.54. The molecule has 170 valence electrons. The predicted molar refractivity (Wildman–Crippen MR) is 124 cm³/mol. The number of hydrogen-bond donors (Lipinski definition) is 1. The van der Waals surface area contributed by atoms with Crippen molar-refractivity contribution in [2.45, 2.75) is 135 Å². The van der Waals surface area contributed by atoms with Gasteiger partial charge in [-0.3, -0.25) is 9.69 Å². The van der Waals surface area contributed by atoms with Crippen LogP contribution < -0.4 is 5.32 Å². The van der Waals surface area contributed by atoms with Crippen LogP contribution in [0.1, 0.15) is 119 Å². The van der Waals surface area contributed by atoms with Crippen LogP contribution in [-0.4, -0.2) is 52.1 Å². The van der Waals surface area contributed by atoms with Gasteiger partial charge in [-0.2, -0.15) is 0 Å². The molecule has 0 atom stereocenters. The van der Waals surface area contributed by atoms with E-state index in [0.29, 0.717) is 0 Å². The fraction of sp³-hybridized carbons (Fsp3) is 0.960. The average molecular weight is 408 g/mol. The topological polar surface area (TPSA) is 35.6 Å². The number of nitrogens with zero attached hydrogens (tertiary/aromatic N) is 2. The van der Waals surface area contributed by atoms with Gasteiger partial charge in [0.15, 0.2) is 0 Å². The number of carbonyl (C=O) groups is 1. The molecule has 0 radical (unpaired) electrons. The predicted octanol–water partition coefficient (Wildman–Crippen LogP) is 5.71. The molecule has 2 aliphatic rings. The summed E-state index contributed by atoms with van der Waals surface area (Å²) in [5.41, 5.74) is 0.105. The van der Waals surface area contributed by atoms with Crippen molar-refractivity contribution in [2.24, 2.45) is 0 Å². The summed E-state index contributed by atoms with van der Waals surface area (Å²) in [5.74, 6) is 0.240. The van der Waals surface area contributed by atoms with Gasteiger partial charge in [0.2, 0.25) is 5.91 Å². The Morgan fingerprint density at radius 1 is 0.828 bits per heavy atom. The van der Waals surface area contributed by atoms with Gasteiger partial charge in [0.1, 0.15) is 0 Å². The van der Waals surface area contributed by atoms with E-state index in [1.165, 1.54) is 64.2 Å². The van der Waals surface area contributed by atoms with Crippen molar-refractivity contribution in [2.75, 3.05) is 19.8 Å². The Bertz CT molecular complexity index is 498. The summed E-state index contributed by atoms with van der Waals surface area (Å²) in [4.78, 5) is 17.2. The van der Waals surface area contributed by atoms with Crippen LogP contribution in [0.25, 0.3) is 0 Å². The summed E-state index contributed by atoms with van der Waals surface area (Å²) in [5, 5.41) is 3.79. The van der Waals surface area contributed by atoms with E-state index >= 15 is 0 Å². The van der Waals surface area contributed by atoms with E-state index < -0.39 is 0 Å². The quantitative estimate of drug-likeness (QED) is 0.446. The van der Waals surface area contributed by atoms with Crippen molar-refractivity contribution in [3.63, 3.8) is 0 Å². The molecule has 2 fully saturated rings. The van der Waals surface area contributed by atoms with E-state index in [9.17, 15) is 4.79 Å². The Hall–Kier alpha value is -0.610. The van der Waals surface area contributed by atoms with Crippen LogP contribution in [-0.2, 0) is 4.79 Å². The second-order valence-corrected chi connectivity index (χ2v) is 11.3. The van der Waals surface area contributed by atoms with Crippen LogP contribution in [0.15, 0.2) is 0 Å². The van der Waals surface area contributed by atoms with Crippen LogP contribution in [0, 0.1) is 0 Å². The average Bonchev–Trinajstić information content (AvgIpc) is 2.90. The largest absolute Gasteiger partial charge is 0.323 e. The fourth-order valence-electron chi connectivity index (χ4n) is 6.32. The molecule has 1 N–H and O–H groups in total. The third kappa shape index (κ3) is 7.54. The van der Waals surface area contributed by atoms with Gasteiger partial charge >= 0.3 is 0 Å². The Kier molecular flexibility index (Phi) is 9.03. The number of carbonyl (C=O) groups excluding carboxylic acids is 1. The van der Waals surface area contributed by atoms with Gasteiger partial charge in [-0.15, -0.1) is 0 Å².